The van der Waals surface area contributed by atoms with Gasteiger partial charge in [-0.3, -0.25) is 14.2 Å². The number of pyridine rings is 2. The van der Waals surface area contributed by atoms with Crippen LogP contribution in [0.3, 0.4) is 0 Å². The Balaban J connectivity index is 1.48. The van der Waals surface area contributed by atoms with Gasteiger partial charge in [-0.1, -0.05) is 0 Å². The Hall–Kier alpha value is -3.86. The first-order valence-electron chi connectivity index (χ1n) is 10.3. The monoisotopic (exact) mass is 464 g/mol. The first-order valence-corrected chi connectivity index (χ1v) is 11.1. The van der Waals surface area contributed by atoms with Gasteiger partial charge in [0.2, 0.25) is 5.43 Å². The van der Waals surface area contributed by atoms with Crippen LogP contribution in [-0.4, -0.2) is 54.0 Å². The highest BCUT2D eigenvalue weighted by Crippen LogP contribution is 2.29. The van der Waals surface area contributed by atoms with Gasteiger partial charge < -0.3 is 14.6 Å². The van der Waals surface area contributed by atoms with Gasteiger partial charge in [-0.15, -0.1) is 11.3 Å². The summed E-state index contributed by atoms with van der Waals surface area (Å²) in [5.74, 6) is -0.643. The van der Waals surface area contributed by atoms with Crippen molar-refractivity contribution in [2.24, 2.45) is 13.0 Å². The summed E-state index contributed by atoms with van der Waals surface area (Å²) >= 11 is 1.31. The highest BCUT2D eigenvalue weighted by atomic mass is 32.1. The van der Waals surface area contributed by atoms with E-state index in [9.17, 15) is 19.5 Å². The summed E-state index contributed by atoms with van der Waals surface area (Å²) < 4.78 is 3.36. The number of thiazole rings is 1. The van der Waals surface area contributed by atoms with Crippen LogP contribution in [0.2, 0.25) is 0 Å². The number of rotatable bonds is 6. The number of anilines is 1. The fourth-order valence-electron chi connectivity index (χ4n) is 4.02. The molecular formula is C22H20N6O4S. The highest BCUT2D eigenvalue weighted by molar-refractivity contribution is 7.12. The molecule has 0 atom stereocenters. The lowest BCUT2D eigenvalue weighted by Gasteiger charge is -2.39. The molecule has 33 heavy (non-hydrogen) atoms. The number of aromatic carboxylic acids is 1. The third kappa shape index (κ3) is 3.69. The number of aromatic nitrogens is 5. The predicted octanol–water partition coefficient (Wildman–Crippen LogP) is 1.83. The van der Waals surface area contributed by atoms with Crippen LogP contribution in [0.4, 0.5) is 5.82 Å². The van der Waals surface area contributed by atoms with Crippen molar-refractivity contribution in [3.8, 4) is 5.13 Å². The van der Waals surface area contributed by atoms with E-state index in [1.807, 2.05) is 22.7 Å². The number of imidazole rings is 1. The van der Waals surface area contributed by atoms with E-state index in [0.717, 1.165) is 5.69 Å². The number of carbonyl (C=O) groups is 2. The molecule has 0 radical (unpaired) electrons. The number of fused-ring (bicyclic) bond motifs is 1. The summed E-state index contributed by atoms with van der Waals surface area (Å²) in [5, 5.41) is 12.0. The Morgan fingerprint density at radius 1 is 1.24 bits per heavy atom. The maximum absolute atomic E-state index is 12.9. The molecule has 1 aliphatic heterocycles. The summed E-state index contributed by atoms with van der Waals surface area (Å²) in [5.41, 5.74) is 0.811. The molecule has 4 aromatic heterocycles. The smallest absolute Gasteiger partial charge is 0.341 e. The van der Waals surface area contributed by atoms with Crippen molar-refractivity contribution in [2.45, 2.75) is 13.3 Å². The molecule has 5 heterocycles. The van der Waals surface area contributed by atoms with Crippen molar-refractivity contribution in [1.82, 2.24) is 24.1 Å². The van der Waals surface area contributed by atoms with Crippen molar-refractivity contribution < 1.29 is 14.7 Å². The fourth-order valence-corrected chi connectivity index (χ4v) is 4.64. The topological polar surface area (TPSA) is 123 Å². The van der Waals surface area contributed by atoms with Crippen molar-refractivity contribution in [2.75, 3.05) is 18.0 Å². The Kier molecular flexibility index (Phi) is 5.05. The number of ketones is 1. The Morgan fingerprint density at radius 2 is 2.03 bits per heavy atom. The predicted molar refractivity (Wildman–Crippen MR) is 122 cm³/mol. The Bertz CT molecular complexity index is 1450. The summed E-state index contributed by atoms with van der Waals surface area (Å²) in [7, 11) is 1.87. The first kappa shape index (κ1) is 21.0. The number of aryl methyl sites for hydroxylation is 2. The second-order valence-electron chi connectivity index (χ2n) is 8.13. The first-order chi connectivity index (χ1) is 15.8. The third-order valence-corrected chi connectivity index (χ3v) is 6.54. The van der Waals surface area contributed by atoms with Gasteiger partial charge >= 0.3 is 5.97 Å². The van der Waals surface area contributed by atoms with E-state index in [1.165, 1.54) is 17.5 Å². The number of nitrogens with zero attached hydrogens (tertiary/aromatic N) is 6. The number of carboxylic acids is 1. The van der Waals surface area contributed by atoms with Crippen LogP contribution in [-0.2, 0) is 18.3 Å². The van der Waals surface area contributed by atoms with Gasteiger partial charge in [0.1, 0.15) is 17.2 Å². The van der Waals surface area contributed by atoms with Gasteiger partial charge in [0.05, 0.1) is 29.7 Å². The highest BCUT2D eigenvalue weighted by Gasteiger charge is 2.34. The van der Waals surface area contributed by atoms with Crippen LogP contribution in [0, 0.1) is 12.8 Å². The second-order valence-corrected chi connectivity index (χ2v) is 9.01. The zero-order chi connectivity index (χ0) is 23.3. The minimum atomic E-state index is -1.30. The summed E-state index contributed by atoms with van der Waals surface area (Å²) in [6, 6.07) is 1.76. The number of carboxylic acid groups (broad SMARTS) is 1. The number of carbonyl (C=O) groups excluding carboxylic acids is 1. The molecule has 0 spiro atoms. The number of hydrogen-bond donors (Lipinski definition) is 1. The van der Waals surface area contributed by atoms with Gasteiger partial charge in [-0.2, -0.15) is 0 Å². The molecule has 1 saturated heterocycles. The van der Waals surface area contributed by atoms with Crippen molar-refractivity contribution in [1.29, 1.82) is 0 Å². The molecule has 0 unspecified atom stereocenters. The molecule has 168 valence electrons. The number of hydrogen-bond acceptors (Lipinski definition) is 8. The van der Waals surface area contributed by atoms with Gasteiger partial charge in [0.25, 0.3) is 0 Å². The van der Waals surface area contributed by atoms with Crippen molar-refractivity contribution in [3.05, 3.63) is 63.4 Å². The summed E-state index contributed by atoms with van der Waals surface area (Å²) in [4.78, 5) is 52.3. The summed E-state index contributed by atoms with van der Waals surface area (Å²) in [6.45, 7) is 2.81. The van der Waals surface area contributed by atoms with E-state index in [0.29, 0.717) is 41.7 Å². The van der Waals surface area contributed by atoms with Crippen molar-refractivity contribution >= 4 is 39.9 Å². The van der Waals surface area contributed by atoms with E-state index in [-0.39, 0.29) is 22.7 Å². The standard InChI is InChI=1S/C22H20N6O4S/c1-12-5-17(27-7-13(8-27)16(29)6-14-9-26(2)11-24-14)25-20-18(12)19(30)15(21(31)32)10-28(20)22-23-3-4-33-22/h3-5,9-11,13H,6-8H2,1-2H3,(H,31,32). The molecule has 4 aromatic rings. The molecule has 11 heteroatoms. The Labute approximate surface area is 191 Å². The van der Waals surface area contributed by atoms with E-state index in [4.69, 9.17) is 4.98 Å². The maximum Gasteiger partial charge on any atom is 0.341 e. The van der Waals surface area contributed by atoms with Crippen molar-refractivity contribution in [3.63, 3.8) is 0 Å². The van der Waals surface area contributed by atoms with Gasteiger partial charge in [-0.05, 0) is 18.6 Å². The molecular weight excluding hydrogens is 444 g/mol. The minimum Gasteiger partial charge on any atom is -0.477 e. The lowest BCUT2D eigenvalue weighted by Crippen LogP contribution is -2.51. The van der Waals surface area contributed by atoms with Crippen LogP contribution in [0.25, 0.3) is 16.2 Å². The molecule has 1 N–H and O–H groups in total. The SMILES string of the molecule is Cc1cc(N2CC(C(=O)Cc3cn(C)cn3)C2)nc2c1c(=O)c(C(=O)O)cn2-c1nccs1. The summed E-state index contributed by atoms with van der Waals surface area (Å²) in [6.07, 6.45) is 6.69. The molecule has 0 saturated carbocycles. The molecule has 1 fully saturated rings. The van der Waals surface area contributed by atoms with Gasteiger partial charge in [0, 0.05) is 44.1 Å². The van der Waals surface area contributed by atoms with Gasteiger partial charge in [-0.25, -0.2) is 19.7 Å². The van der Waals surface area contributed by atoms with E-state index in [1.54, 1.807) is 35.5 Å². The normalized spacial score (nSPS) is 13.9. The molecule has 0 bridgehead atoms. The van der Waals surface area contributed by atoms with E-state index < -0.39 is 11.4 Å². The quantitative estimate of drug-likeness (QED) is 0.458. The zero-order valence-electron chi connectivity index (χ0n) is 17.9. The van der Waals surface area contributed by atoms with Crippen LogP contribution in [0.1, 0.15) is 21.6 Å². The van der Waals surface area contributed by atoms with Crippen LogP contribution >= 0.6 is 11.3 Å². The van der Waals surface area contributed by atoms with Gasteiger partial charge in [0.15, 0.2) is 10.8 Å². The second kappa shape index (κ2) is 7.93. The van der Waals surface area contributed by atoms with Crippen LogP contribution in [0.15, 0.2) is 41.2 Å². The largest absolute Gasteiger partial charge is 0.477 e. The van der Waals surface area contributed by atoms with Crippen LogP contribution < -0.4 is 10.3 Å². The lowest BCUT2D eigenvalue weighted by molar-refractivity contribution is -0.122. The zero-order valence-corrected chi connectivity index (χ0v) is 18.7. The Morgan fingerprint density at radius 3 is 2.67 bits per heavy atom. The lowest BCUT2D eigenvalue weighted by atomic mass is 9.92. The molecule has 0 aliphatic carbocycles. The average molecular weight is 465 g/mol. The molecule has 10 nitrogen and oxygen atoms in total. The molecule has 0 aromatic carbocycles. The third-order valence-electron chi connectivity index (χ3n) is 5.77. The molecule has 1 aliphatic rings. The van der Waals surface area contributed by atoms with E-state index in [2.05, 4.69) is 9.97 Å². The van der Waals surface area contributed by atoms with E-state index >= 15 is 0 Å². The fraction of sp³-hybridized carbons (Fsp3) is 0.273. The minimum absolute atomic E-state index is 0.111. The molecule has 5 rings (SSSR count). The molecule has 0 amide bonds. The maximum atomic E-state index is 12.9. The van der Waals surface area contributed by atoms with Crippen LogP contribution in [0.5, 0.6) is 0 Å². The number of Topliss-reactive ketones (excluding diaryl/α,β-unsaturated/α-hetero) is 1. The average Bonchev–Trinajstić information content (AvgIpc) is 3.38.